The van der Waals surface area contributed by atoms with Crippen LogP contribution in [0.1, 0.15) is 22.3 Å². The normalized spacial score (nSPS) is 15.2. The third-order valence-electron chi connectivity index (χ3n) is 5.02. The summed E-state index contributed by atoms with van der Waals surface area (Å²) in [5.41, 5.74) is 3.45. The molecule has 0 atom stereocenters. The molecule has 1 aliphatic rings. The number of thiocarbonyl (C=S) groups is 1. The fraction of sp³-hybridized carbons (Fsp3) is 0.217. The smallest absolute Gasteiger partial charge is 0.267 e. The highest BCUT2D eigenvalue weighted by Crippen LogP contribution is 2.34. The van der Waals surface area contributed by atoms with Crippen molar-refractivity contribution in [1.29, 1.82) is 0 Å². The Kier molecular flexibility index (Phi) is 6.40. The molecule has 0 bridgehead atoms. The van der Waals surface area contributed by atoms with E-state index in [0.29, 0.717) is 27.2 Å². The highest BCUT2D eigenvalue weighted by molar-refractivity contribution is 8.26. The van der Waals surface area contributed by atoms with Gasteiger partial charge < -0.3 is 10.4 Å². The predicted octanol–water partition coefficient (Wildman–Crippen LogP) is 3.12. The Morgan fingerprint density at radius 2 is 1.84 bits per heavy atom. The van der Waals surface area contributed by atoms with Gasteiger partial charge >= 0.3 is 0 Å². The molecule has 2 N–H and O–H groups in total. The van der Waals surface area contributed by atoms with E-state index in [9.17, 15) is 14.7 Å². The van der Waals surface area contributed by atoms with Crippen molar-refractivity contribution < 1.29 is 9.90 Å². The molecule has 1 aromatic carbocycles. The van der Waals surface area contributed by atoms with Crippen molar-refractivity contribution in [1.82, 2.24) is 14.3 Å². The van der Waals surface area contributed by atoms with Gasteiger partial charge in [-0.15, -0.1) is 0 Å². The molecule has 32 heavy (non-hydrogen) atoms. The molecule has 7 nitrogen and oxygen atoms in total. The summed E-state index contributed by atoms with van der Waals surface area (Å²) in [6.07, 6.45) is 3.25. The number of hydrogen-bond donors (Lipinski definition) is 2. The summed E-state index contributed by atoms with van der Waals surface area (Å²) in [6, 6.07) is 11.5. The van der Waals surface area contributed by atoms with Gasteiger partial charge in [0.05, 0.1) is 23.6 Å². The van der Waals surface area contributed by atoms with Crippen molar-refractivity contribution >= 4 is 51.7 Å². The summed E-state index contributed by atoms with van der Waals surface area (Å²) in [5.74, 6) is 0.0686. The van der Waals surface area contributed by atoms with Gasteiger partial charge in [-0.05, 0) is 37.1 Å². The van der Waals surface area contributed by atoms with Crippen molar-refractivity contribution in [2.45, 2.75) is 20.4 Å². The topological polar surface area (TPSA) is 86.9 Å². The molecule has 4 rings (SSSR count). The third kappa shape index (κ3) is 4.45. The molecule has 0 spiro atoms. The lowest BCUT2D eigenvalue weighted by Gasteiger charge is -2.14. The molecule has 1 amide bonds. The number of rotatable bonds is 6. The van der Waals surface area contributed by atoms with Gasteiger partial charge in [0.25, 0.3) is 11.5 Å². The first-order valence-electron chi connectivity index (χ1n) is 10.1. The summed E-state index contributed by atoms with van der Waals surface area (Å²) >= 11 is 6.61. The molecule has 0 unspecified atom stereocenters. The molecule has 3 aromatic rings. The number of carbonyl (C=O) groups excluding carboxylic acids is 1. The predicted molar refractivity (Wildman–Crippen MR) is 132 cm³/mol. The first-order valence-corrected chi connectivity index (χ1v) is 11.3. The largest absolute Gasteiger partial charge is 0.395 e. The van der Waals surface area contributed by atoms with Crippen LogP contribution in [0.2, 0.25) is 0 Å². The van der Waals surface area contributed by atoms with Crippen LogP contribution in [-0.2, 0) is 11.3 Å². The molecule has 0 saturated carbocycles. The fourth-order valence-electron chi connectivity index (χ4n) is 3.34. The second-order valence-corrected chi connectivity index (χ2v) is 9.19. The van der Waals surface area contributed by atoms with Crippen LogP contribution in [-0.4, -0.2) is 42.8 Å². The first kappa shape index (κ1) is 22.2. The fourth-order valence-corrected chi connectivity index (χ4v) is 4.58. The van der Waals surface area contributed by atoms with E-state index in [0.717, 1.165) is 28.5 Å². The van der Waals surface area contributed by atoms with Crippen molar-refractivity contribution in [2.75, 3.05) is 18.5 Å². The maximum Gasteiger partial charge on any atom is 0.267 e. The van der Waals surface area contributed by atoms with Gasteiger partial charge in [-0.25, -0.2) is 4.98 Å². The summed E-state index contributed by atoms with van der Waals surface area (Å²) in [5, 5.41) is 12.2. The number of benzene rings is 1. The van der Waals surface area contributed by atoms with Crippen molar-refractivity contribution in [3.8, 4) is 0 Å². The number of nitrogens with zero attached hydrogens (tertiary/aromatic N) is 3. The first-order chi connectivity index (χ1) is 15.4. The lowest BCUT2D eigenvalue weighted by atomic mass is 10.1. The van der Waals surface area contributed by atoms with Gasteiger partial charge in [-0.1, -0.05) is 59.9 Å². The Morgan fingerprint density at radius 3 is 2.56 bits per heavy atom. The van der Waals surface area contributed by atoms with E-state index in [1.807, 2.05) is 44.2 Å². The second kappa shape index (κ2) is 9.23. The molecule has 0 aliphatic carbocycles. The molecule has 1 aliphatic heterocycles. The molecular formula is C23H22N4O3S2. The molecule has 1 saturated heterocycles. The van der Waals surface area contributed by atoms with Crippen LogP contribution in [0.15, 0.2) is 52.3 Å². The van der Waals surface area contributed by atoms with E-state index >= 15 is 0 Å². The van der Waals surface area contributed by atoms with E-state index in [1.165, 1.54) is 15.4 Å². The van der Waals surface area contributed by atoms with E-state index in [4.69, 9.17) is 12.2 Å². The number of fused-ring (bicyclic) bond motifs is 1. The third-order valence-corrected chi connectivity index (χ3v) is 6.40. The number of anilines is 1. The van der Waals surface area contributed by atoms with Crippen LogP contribution >= 0.6 is 24.0 Å². The SMILES string of the molecule is Cc1ccc(CN2C(=O)/C(=C/c3c(NCCO)nc4ccc(C)cn4c3=O)SC2=S)cc1. The van der Waals surface area contributed by atoms with Gasteiger partial charge in [0.2, 0.25) is 0 Å². The minimum atomic E-state index is -0.303. The Balaban J connectivity index is 1.73. The molecular weight excluding hydrogens is 444 g/mol. The van der Waals surface area contributed by atoms with E-state index in [2.05, 4.69) is 10.3 Å². The standard InChI is InChI=1S/C23H22N4O3S2/c1-14-3-6-16(7-4-14)13-27-22(30)18(32-23(27)31)11-17-20(24-9-10-28)25-19-8-5-15(2)12-26(19)21(17)29/h3-8,11-12,24,28H,9-10,13H2,1-2H3/b18-11-. The number of aromatic nitrogens is 2. The Morgan fingerprint density at radius 1 is 1.12 bits per heavy atom. The van der Waals surface area contributed by atoms with Crippen LogP contribution in [0.3, 0.4) is 0 Å². The zero-order chi connectivity index (χ0) is 22.8. The highest BCUT2D eigenvalue weighted by Gasteiger charge is 2.32. The van der Waals surface area contributed by atoms with Crippen LogP contribution in [0.4, 0.5) is 5.82 Å². The molecule has 9 heteroatoms. The quantitative estimate of drug-likeness (QED) is 0.426. The summed E-state index contributed by atoms with van der Waals surface area (Å²) in [4.78, 5) is 32.8. The maximum absolute atomic E-state index is 13.3. The minimum Gasteiger partial charge on any atom is -0.395 e. The van der Waals surface area contributed by atoms with Crippen LogP contribution in [0.25, 0.3) is 11.7 Å². The monoisotopic (exact) mass is 466 g/mol. The van der Waals surface area contributed by atoms with Crippen LogP contribution < -0.4 is 10.9 Å². The van der Waals surface area contributed by atoms with Crippen LogP contribution in [0, 0.1) is 13.8 Å². The van der Waals surface area contributed by atoms with E-state index < -0.39 is 0 Å². The number of hydrogen-bond acceptors (Lipinski definition) is 7. The number of amides is 1. The van der Waals surface area contributed by atoms with E-state index in [-0.39, 0.29) is 30.2 Å². The van der Waals surface area contributed by atoms with Crippen molar-refractivity contribution in [3.05, 3.63) is 80.1 Å². The molecule has 1 fully saturated rings. The maximum atomic E-state index is 13.3. The number of aliphatic hydroxyl groups excluding tert-OH is 1. The van der Waals surface area contributed by atoms with Gasteiger partial charge in [-0.3, -0.25) is 18.9 Å². The summed E-state index contributed by atoms with van der Waals surface area (Å²) in [7, 11) is 0. The number of nitrogens with one attached hydrogen (secondary N) is 1. The van der Waals surface area contributed by atoms with E-state index in [1.54, 1.807) is 12.3 Å². The average molecular weight is 467 g/mol. The number of thioether (sulfide) groups is 1. The average Bonchev–Trinajstić information content (AvgIpc) is 3.03. The zero-order valence-corrected chi connectivity index (χ0v) is 19.3. The molecule has 0 radical (unpaired) electrons. The van der Waals surface area contributed by atoms with Gasteiger partial charge in [-0.2, -0.15) is 0 Å². The lowest BCUT2D eigenvalue weighted by molar-refractivity contribution is -0.122. The molecule has 3 heterocycles. The Labute approximate surface area is 194 Å². The number of pyridine rings is 1. The summed E-state index contributed by atoms with van der Waals surface area (Å²) in [6.45, 7) is 4.37. The number of aryl methyl sites for hydroxylation is 2. The lowest BCUT2D eigenvalue weighted by Crippen LogP contribution is -2.27. The molecule has 2 aromatic heterocycles. The van der Waals surface area contributed by atoms with Crippen LogP contribution in [0.5, 0.6) is 0 Å². The van der Waals surface area contributed by atoms with Gasteiger partial charge in [0.15, 0.2) is 0 Å². The molecule has 164 valence electrons. The summed E-state index contributed by atoms with van der Waals surface area (Å²) < 4.78 is 1.90. The van der Waals surface area contributed by atoms with Crippen molar-refractivity contribution in [2.24, 2.45) is 0 Å². The number of carbonyl (C=O) groups is 1. The highest BCUT2D eigenvalue weighted by atomic mass is 32.2. The van der Waals surface area contributed by atoms with Gasteiger partial charge in [0.1, 0.15) is 15.8 Å². The zero-order valence-electron chi connectivity index (χ0n) is 17.7. The second-order valence-electron chi connectivity index (χ2n) is 7.52. The Hall–Kier alpha value is -3.01. The van der Waals surface area contributed by atoms with Gasteiger partial charge in [0, 0.05) is 12.7 Å². The minimum absolute atomic E-state index is 0.118. The van der Waals surface area contributed by atoms with Crippen molar-refractivity contribution in [3.63, 3.8) is 0 Å². The Bertz CT molecular complexity index is 1300. The number of aliphatic hydroxyl groups is 1.